The van der Waals surface area contributed by atoms with Gasteiger partial charge in [0.25, 0.3) is 0 Å². The fraction of sp³-hybridized carbons (Fsp3) is 0.409. The molecule has 2 atom stereocenters. The normalized spacial score (nSPS) is 13.2. The van der Waals surface area contributed by atoms with Crippen LogP contribution in [0.1, 0.15) is 31.9 Å². The van der Waals surface area contributed by atoms with Crippen LogP contribution in [0.15, 0.2) is 42.6 Å². The first-order valence-electron chi connectivity index (χ1n) is 9.92. The van der Waals surface area contributed by atoms with Crippen molar-refractivity contribution in [1.29, 1.82) is 0 Å². The number of hydrogen-bond donors (Lipinski definition) is 3. The van der Waals surface area contributed by atoms with E-state index in [0.717, 1.165) is 11.1 Å². The molecule has 162 valence electrons. The van der Waals surface area contributed by atoms with Crippen molar-refractivity contribution < 1.29 is 14.0 Å². The summed E-state index contributed by atoms with van der Waals surface area (Å²) >= 11 is 0. The van der Waals surface area contributed by atoms with Gasteiger partial charge in [-0.15, -0.1) is 0 Å². The van der Waals surface area contributed by atoms with Crippen molar-refractivity contribution in [2.75, 3.05) is 12.8 Å². The maximum atomic E-state index is 13.2. The van der Waals surface area contributed by atoms with Crippen molar-refractivity contribution in [3.05, 3.63) is 59.5 Å². The first-order chi connectivity index (χ1) is 14.2. The number of amides is 2. The summed E-state index contributed by atoms with van der Waals surface area (Å²) in [5.74, 6) is -0.534. The first kappa shape index (κ1) is 23.3. The predicted molar refractivity (Wildman–Crippen MR) is 115 cm³/mol. The van der Waals surface area contributed by atoms with Gasteiger partial charge >= 0.3 is 0 Å². The van der Waals surface area contributed by atoms with Crippen molar-refractivity contribution in [3.63, 3.8) is 0 Å². The van der Waals surface area contributed by atoms with Crippen LogP contribution in [-0.4, -0.2) is 46.9 Å². The zero-order valence-electron chi connectivity index (χ0n) is 17.9. The minimum absolute atomic E-state index is 0.174. The van der Waals surface area contributed by atoms with Crippen LogP contribution in [0.4, 0.5) is 10.2 Å². The standard InChI is InChI=1S/C22H30FN5O2/c1-14(2)28(4)15(3)21(29)27-19(11-16-5-8-18(23)9-6-16)22(30)26-13-17-7-10-20(24)25-12-17/h5-10,12,14-15,19H,11,13H2,1-4H3,(H2,24,25)(H,26,30)(H,27,29)/t15?,19-/m0/s1. The van der Waals surface area contributed by atoms with Gasteiger partial charge in [-0.25, -0.2) is 9.37 Å². The Labute approximate surface area is 176 Å². The Hall–Kier alpha value is -3.00. The molecule has 0 radical (unpaired) electrons. The molecule has 1 heterocycles. The summed E-state index contributed by atoms with van der Waals surface area (Å²) in [6.45, 7) is 6.03. The molecule has 0 spiro atoms. The van der Waals surface area contributed by atoms with Crippen LogP contribution < -0.4 is 16.4 Å². The van der Waals surface area contributed by atoms with Crippen LogP contribution in [-0.2, 0) is 22.6 Å². The zero-order chi connectivity index (χ0) is 22.3. The van der Waals surface area contributed by atoms with Gasteiger partial charge in [-0.1, -0.05) is 18.2 Å². The summed E-state index contributed by atoms with van der Waals surface area (Å²) in [5, 5.41) is 5.66. The van der Waals surface area contributed by atoms with Gasteiger partial charge in [-0.2, -0.15) is 0 Å². The quantitative estimate of drug-likeness (QED) is 0.581. The molecule has 0 fully saturated rings. The molecule has 1 aromatic heterocycles. The van der Waals surface area contributed by atoms with Crippen molar-refractivity contribution >= 4 is 17.6 Å². The van der Waals surface area contributed by atoms with Crippen LogP contribution in [0.5, 0.6) is 0 Å². The number of likely N-dealkylation sites (N-methyl/N-ethyl adjacent to an activating group) is 1. The molecule has 1 aromatic carbocycles. The van der Waals surface area contributed by atoms with E-state index in [1.165, 1.54) is 12.1 Å². The van der Waals surface area contributed by atoms with Gasteiger partial charge in [-0.3, -0.25) is 14.5 Å². The number of nitrogen functional groups attached to an aromatic ring is 1. The number of aromatic nitrogens is 1. The molecular weight excluding hydrogens is 385 g/mol. The third-order valence-corrected chi connectivity index (χ3v) is 5.11. The van der Waals surface area contributed by atoms with Crippen molar-refractivity contribution in [2.24, 2.45) is 0 Å². The highest BCUT2D eigenvalue weighted by molar-refractivity contribution is 5.89. The van der Waals surface area contributed by atoms with Crippen LogP contribution >= 0.6 is 0 Å². The number of anilines is 1. The second kappa shape index (κ2) is 10.7. The Morgan fingerprint density at radius 2 is 1.70 bits per heavy atom. The highest BCUT2D eigenvalue weighted by Gasteiger charge is 2.26. The maximum absolute atomic E-state index is 13.2. The van der Waals surface area contributed by atoms with E-state index in [-0.39, 0.29) is 36.6 Å². The van der Waals surface area contributed by atoms with Gasteiger partial charge in [0.15, 0.2) is 0 Å². The highest BCUT2D eigenvalue weighted by atomic mass is 19.1. The topological polar surface area (TPSA) is 100 Å². The Morgan fingerprint density at radius 1 is 1.07 bits per heavy atom. The summed E-state index contributed by atoms with van der Waals surface area (Å²) in [5.41, 5.74) is 7.11. The van der Waals surface area contributed by atoms with Crippen LogP contribution in [0.25, 0.3) is 0 Å². The van der Waals surface area contributed by atoms with Crippen LogP contribution in [0.3, 0.4) is 0 Å². The van der Waals surface area contributed by atoms with E-state index in [0.29, 0.717) is 5.82 Å². The van der Waals surface area contributed by atoms with Gasteiger partial charge in [0.1, 0.15) is 17.7 Å². The summed E-state index contributed by atoms with van der Waals surface area (Å²) in [6.07, 6.45) is 1.83. The van der Waals surface area contributed by atoms with E-state index in [4.69, 9.17) is 5.73 Å². The number of benzene rings is 1. The molecule has 0 aliphatic heterocycles. The van der Waals surface area contributed by atoms with Crippen molar-refractivity contribution in [2.45, 2.75) is 51.9 Å². The second-order valence-electron chi connectivity index (χ2n) is 7.64. The van der Waals surface area contributed by atoms with E-state index in [1.807, 2.05) is 25.8 Å². The smallest absolute Gasteiger partial charge is 0.243 e. The van der Waals surface area contributed by atoms with Gasteiger partial charge in [-0.05, 0) is 57.1 Å². The molecule has 2 aromatic rings. The molecule has 2 rings (SSSR count). The number of halogens is 1. The fourth-order valence-corrected chi connectivity index (χ4v) is 2.84. The molecule has 8 heteroatoms. The fourth-order valence-electron chi connectivity index (χ4n) is 2.84. The van der Waals surface area contributed by atoms with E-state index >= 15 is 0 Å². The SMILES string of the molecule is CC(C)N(C)C(C)C(=O)N[C@@H](Cc1ccc(F)cc1)C(=O)NCc1ccc(N)nc1. The molecular formula is C22H30FN5O2. The van der Waals surface area contributed by atoms with E-state index in [2.05, 4.69) is 15.6 Å². The van der Waals surface area contributed by atoms with E-state index < -0.39 is 12.1 Å². The molecule has 0 aliphatic rings. The van der Waals surface area contributed by atoms with Gasteiger partial charge in [0.2, 0.25) is 11.8 Å². The van der Waals surface area contributed by atoms with E-state index in [9.17, 15) is 14.0 Å². The highest BCUT2D eigenvalue weighted by Crippen LogP contribution is 2.09. The predicted octanol–water partition coefficient (Wildman–Crippen LogP) is 1.88. The van der Waals surface area contributed by atoms with Crippen molar-refractivity contribution in [1.82, 2.24) is 20.5 Å². The number of nitrogens with two attached hydrogens (primary N) is 1. The summed E-state index contributed by atoms with van der Waals surface area (Å²) < 4.78 is 13.2. The molecule has 0 saturated heterocycles. The summed E-state index contributed by atoms with van der Waals surface area (Å²) in [7, 11) is 1.86. The van der Waals surface area contributed by atoms with Crippen molar-refractivity contribution in [3.8, 4) is 0 Å². The Bertz CT molecular complexity index is 840. The second-order valence-corrected chi connectivity index (χ2v) is 7.64. The summed E-state index contributed by atoms with van der Waals surface area (Å²) in [6, 6.07) is 8.28. The molecule has 7 nitrogen and oxygen atoms in total. The third-order valence-electron chi connectivity index (χ3n) is 5.11. The maximum Gasteiger partial charge on any atom is 0.243 e. The average Bonchev–Trinajstić information content (AvgIpc) is 2.72. The molecule has 4 N–H and O–H groups in total. The van der Waals surface area contributed by atoms with Crippen LogP contribution in [0.2, 0.25) is 0 Å². The number of nitrogens with one attached hydrogen (secondary N) is 2. The molecule has 30 heavy (non-hydrogen) atoms. The molecule has 1 unspecified atom stereocenters. The minimum atomic E-state index is -0.798. The molecule has 0 saturated carbocycles. The lowest BCUT2D eigenvalue weighted by Crippen LogP contribution is -2.53. The monoisotopic (exact) mass is 415 g/mol. The van der Waals surface area contributed by atoms with Gasteiger partial charge in [0.05, 0.1) is 6.04 Å². The number of nitrogens with zero attached hydrogens (tertiary/aromatic N) is 2. The lowest BCUT2D eigenvalue weighted by molar-refractivity contribution is -0.131. The molecule has 0 aliphatic carbocycles. The summed E-state index contributed by atoms with van der Waals surface area (Å²) in [4.78, 5) is 31.5. The number of hydrogen-bond acceptors (Lipinski definition) is 5. The average molecular weight is 416 g/mol. The van der Waals surface area contributed by atoms with Crippen LogP contribution in [0, 0.1) is 5.82 Å². The lowest BCUT2D eigenvalue weighted by atomic mass is 10.0. The minimum Gasteiger partial charge on any atom is -0.384 e. The number of pyridine rings is 1. The largest absolute Gasteiger partial charge is 0.384 e. The van der Waals surface area contributed by atoms with Gasteiger partial charge in [0, 0.05) is 25.2 Å². The lowest BCUT2D eigenvalue weighted by Gasteiger charge is -2.29. The Balaban J connectivity index is 2.10. The first-order valence-corrected chi connectivity index (χ1v) is 9.92. The van der Waals surface area contributed by atoms with Gasteiger partial charge < -0.3 is 16.4 Å². The number of rotatable bonds is 9. The Kier molecular flexibility index (Phi) is 8.29. The van der Waals surface area contributed by atoms with E-state index in [1.54, 1.807) is 37.4 Å². The zero-order valence-corrected chi connectivity index (χ0v) is 17.9. The molecule has 0 bridgehead atoms. The molecule has 2 amide bonds. The number of carbonyl (C=O) groups excluding carboxylic acids is 2. The number of carbonyl (C=O) groups is 2. The Morgan fingerprint density at radius 3 is 2.27 bits per heavy atom. The third kappa shape index (κ3) is 6.81.